The van der Waals surface area contributed by atoms with Crippen LogP contribution < -0.4 is 5.73 Å². The summed E-state index contributed by atoms with van der Waals surface area (Å²) in [6.45, 7) is 5.74. The Hall–Kier alpha value is -0.0400. The molecule has 1 unspecified atom stereocenters. The molecule has 0 aliphatic heterocycles. The van der Waals surface area contributed by atoms with Crippen molar-refractivity contribution >= 4 is 0 Å². The lowest BCUT2D eigenvalue weighted by Gasteiger charge is -2.35. The average molecular weight is 167 g/mol. The largest absolute Gasteiger partial charge is 0.330 e. The van der Waals surface area contributed by atoms with E-state index in [0.29, 0.717) is 5.41 Å². The molecule has 0 aromatic heterocycles. The van der Waals surface area contributed by atoms with Crippen LogP contribution in [0.4, 0.5) is 0 Å². The highest BCUT2D eigenvalue weighted by Crippen LogP contribution is 2.63. The van der Waals surface area contributed by atoms with Gasteiger partial charge in [0.25, 0.3) is 0 Å². The molecule has 2 aliphatic carbocycles. The van der Waals surface area contributed by atoms with Gasteiger partial charge in [0, 0.05) is 0 Å². The van der Waals surface area contributed by atoms with E-state index in [1.165, 1.54) is 32.1 Å². The Kier molecular flexibility index (Phi) is 1.76. The van der Waals surface area contributed by atoms with Crippen LogP contribution in [0, 0.1) is 16.7 Å². The van der Waals surface area contributed by atoms with Crippen LogP contribution in [0.25, 0.3) is 0 Å². The van der Waals surface area contributed by atoms with Gasteiger partial charge in [0.2, 0.25) is 0 Å². The van der Waals surface area contributed by atoms with Gasteiger partial charge in [-0.25, -0.2) is 0 Å². The first-order chi connectivity index (χ1) is 5.58. The third-order valence-electron chi connectivity index (χ3n) is 4.24. The zero-order chi connectivity index (χ0) is 8.82. The van der Waals surface area contributed by atoms with Gasteiger partial charge in [-0.1, -0.05) is 13.8 Å². The lowest BCUT2D eigenvalue weighted by atomic mass is 9.71. The Bertz CT molecular complexity index is 173. The highest BCUT2D eigenvalue weighted by atomic mass is 14.7. The highest BCUT2D eigenvalue weighted by molar-refractivity contribution is 5.05. The fourth-order valence-electron chi connectivity index (χ4n) is 2.80. The van der Waals surface area contributed by atoms with Crippen molar-refractivity contribution in [3.63, 3.8) is 0 Å². The first kappa shape index (κ1) is 8.55. The number of nitrogens with two attached hydrogens (primary N) is 1. The van der Waals surface area contributed by atoms with Crippen molar-refractivity contribution < 1.29 is 0 Å². The minimum atomic E-state index is 0.618. The maximum Gasteiger partial charge on any atom is -0.00433 e. The Morgan fingerprint density at radius 3 is 2.17 bits per heavy atom. The lowest BCUT2D eigenvalue weighted by Crippen LogP contribution is -2.24. The van der Waals surface area contributed by atoms with Crippen molar-refractivity contribution in [2.45, 2.75) is 46.0 Å². The molecule has 1 heteroatoms. The summed E-state index contributed by atoms with van der Waals surface area (Å²) >= 11 is 0. The molecule has 0 bridgehead atoms. The topological polar surface area (TPSA) is 26.0 Å². The summed E-state index contributed by atoms with van der Waals surface area (Å²) in [5.41, 5.74) is 7.05. The van der Waals surface area contributed by atoms with Gasteiger partial charge in [-0.3, -0.25) is 0 Å². The Balaban J connectivity index is 1.92. The van der Waals surface area contributed by atoms with E-state index >= 15 is 0 Å². The van der Waals surface area contributed by atoms with Crippen LogP contribution in [0.1, 0.15) is 46.0 Å². The molecular weight excluding hydrogens is 146 g/mol. The Morgan fingerprint density at radius 1 is 1.17 bits per heavy atom. The molecule has 0 radical (unpaired) electrons. The van der Waals surface area contributed by atoms with Gasteiger partial charge in [-0.2, -0.15) is 0 Å². The quantitative estimate of drug-likeness (QED) is 0.638. The predicted molar refractivity (Wildman–Crippen MR) is 51.8 cm³/mol. The standard InChI is InChI=1S/C11H21N/c1-10(2)3-5-11(6-4-10)7-9(11)8-12/h9H,3-8,12H2,1-2H3. The molecule has 2 N–H and O–H groups in total. The van der Waals surface area contributed by atoms with E-state index in [4.69, 9.17) is 5.73 Å². The maximum atomic E-state index is 5.71. The van der Waals surface area contributed by atoms with E-state index in [1.807, 2.05) is 0 Å². The van der Waals surface area contributed by atoms with Gasteiger partial charge in [0.15, 0.2) is 0 Å². The summed E-state index contributed by atoms with van der Waals surface area (Å²) in [4.78, 5) is 0. The van der Waals surface area contributed by atoms with E-state index in [2.05, 4.69) is 13.8 Å². The monoisotopic (exact) mass is 167 g/mol. The molecule has 0 heterocycles. The molecule has 1 atom stereocenters. The van der Waals surface area contributed by atoms with Gasteiger partial charge in [0.1, 0.15) is 0 Å². The first-order valence-electron chi connectivity index (χ1n) is 5.28. The number of hydrogen-bond acceptors (Lipinski definition) is 1. The average Bonchev–Trinajstić information content (AvgIpc) is 2.72. The van der Waals surface area contributed by atoms with E-state index < -0.39 is 0 Å². The Labute approximate surface area is 75.7 Å². The summed E-state index contributed by atoms with van der Waals surface area (Å²) in [5.74, 6) is 0.883. The van der Waals surface area contributed by atoms with Gasteiger partial charge in [0.05, 0.1) is 0 Å². The number of rotatable bonds is 1. The first-order valence-corrected chi connectivity index (χ1v) is 5.28. The van der Waals surface area contributed by atoms with Gasteiger partial charge < -0.3 is 5.73 Å². The summed E-state index contributed by atoms with van der Waals surface area (Å²) in [7, 11) is 0. The Morgan fingerprint density at radius 2 is 1.75 bits per heavy atom. The summed E-state index contributed by atoms with van der Waals surface area (Å²) in [6.07, 6.45) is 7.16. The van der Waals surface area contributed by atoms with Crippen molar-refractivity contribution in [2.75, 3.05) is 6.54 Å². The predicted octanol–water partition coefficient (Wildman–Crippen LogP) is 2.55. The van der Waals surface area contributed by atoms with Crippen molar-refractivity contribution in [1.29, 1.82) is 0 Å². The lowest BCUT2D eigenvalue weighted by molar-refractivity contribution is 0.167. The van der Waals surface area contributed by atoms with Crippen LogP contribution in [-0.2, 0) is 0 Å². The van der Waals surface area contributed by atoms with E-state index in [1.54, 1.807) is 0 Å². The molecule has 1 spiro atoms. The van der Waals surface area contributed by atoms with Crippen LogP contribution >= 0.6 is 0 Å². The van der Waals surface area contributed by atoms with Gasteiger partial charge >= 0.3 is 0 Å². The molecule has 0 aromatic rings. The van der Waals surface area contributed by atoms with E-state index in [-0.39, 0.29) is 0 Å². The minimum Gasteiger partial charge on any atom is -0.330 e. The zero-order valence-electron chi connectivity index (χ0n) is 8.40. The molecule has 12 heavy (non-hydrogen) atoms. The molecule has 2 rings (SSSR count). The molecule has 1 nitrogen and oxygen atoms in total. The SMILES string of the molecule is CC1(C)CCC2(CC1)CC2CN. The highest BCUT2D eigenvalue weighted by Gasteiger charge is 2.54. The molecule has 2 aliphatic rings. The van der Waals surface area contributed by atoms with Gasteiger partial charge in [-0.05, 0) is 55.4 Å². The number of hydrogen-bond donors (Lipinski definition) is 1. The smallest absolute Gasteiger partial charge is 0.00433 e. The normalized spacial score (nSPS) is 36.8. The summed E-state index contributed by atoms with van der Waals surface area (Å²) < 4.78 is 0. The summed E-state index contributed by atoms with van der Waals surface area (Å²) in [6, 6.07) is 0. The van der Waals surface area contributed by atoms with E-state index in [9.17, 15) is 0 Å². The van der Waals surface area contributed by atoms with E-state index in [0.717, 1.165) is 17.9 Å². The van der Waals surface area contributed by atoms with Gasteiger partial charge in [-0.15, -0.1) is 0 Å². The molecule has 2 fully saturated rings. The van der Waals surface area contributed by atoms with Crippen molar-refractivity contribution in [3.8, 4) is 0 Å². The molecule has 0 amide bonds. The fourth-order valence-corrected chi connectivity index (χ4v) is 2.80. The molecule has 2 saturated carbocycles. The van der Waals surface area contributed by atoms with Crippen LogP contribution in [-0.4, -0.2) is 6.54 Å². The molecular formula is C11H21N. The van der Waals surface area contributed by atoms with Crippen molar-refractivity contribution in [1.82, 2.24) is 0 Å². The molecule has 0 aromatic carbocycles. The molecule has 70 valence electrons. The van der Waals surface area contributed by atoms with Crippen LogP contribution in [0.5, 0.6) is 0 Å². The summed E-state index contributed by atoms with van der Waals surface area (Å²) in [5, 5.41) is 0. The second-order valence-electron chi connectivity index (χ2n) is 5.66. The second-order valence-corrected chi connectivity index (χ2v) is 5.66. The van der Waals surface area contributed by atoms with Crippen LogP contribution in [0.15, 0.2) is 0 Å². The van der Waals surface area contributed by atoms with Crippen LogP contribution in [0.3, 0.4) is 0 Å². The third kappa shape index (κ3) is 1.28. The zero-order valence-corrected chi connectivity index (χ0v) is 8.40. The second kappa shape index (κ2) is 2.47. The van der Waals surface area contributed by atoms with Crippen molar-refractivity contribution in [3.05, 3.63) is 0 Å². The fraction of sp³-hybridized carbons (Fsp3) is 1.00. The van der Waals surface area contributed by atoms with Crippen molar-refractivity contribution in [2.24, 2.45) is 22.5 Å². The molecule has 0 saturated heterocycles. The minimum absolute atomic E-state index is 0.618. The third-order valence-corrected chi connectivity index (χ3v) is 4.24. The maximum absolute atomic E-state index is 5.71. The van der Waals surface area contributed by atoms with Crippen LogP contribution in [0.2, 0.25) is 0 Å².